The van der Waals surface area contributed by atoms with Crippen LogP contribution in [0.1, 0.15) is 40.5 Å². The van der Waals surface area contributed by atoms with E-state index in [0.29, 0.717) is 24.4 Å². The van der Waals surface area contributed by atoms with Gasteiger partial charge in [-0.2, -0.15) is 0 Å². The minimum absolute atomic E-state index is 0.0877. The maximum Gasteiger partial charge on any atom is 0.252 e. The van der Waals surface area contributed by atoms with E-state index < -0.39 is 41.8 Å². The van der Waals surface area contributed by atoms with Crippen molar-refractivity contribution in [2.75, 3.05) is 20.8 Å². The van der Waals surface area contributed by atoms with Crippen LogP contribution in [-0.2, 0) is 40.3 Å². The highest BCUT2D eigenvalue weighted by atomic mass is 16.5. The molecule has 0 saturated carbocycles. The van der Waals surface area contributed by atoms with Crippen molar-refractivity contribution in [3.63, 3.8) is 0 Å². The number of fused-ring (bicyclic) bond motifs is 16. The summed E-state index contributed by atoms with van der Waals surface area (Å²) in [7, 11) is 2.91. The van der Waals surface area contributed by atoms with E-state index in [0.717, 1.165) is 11.1 Å². The molecule has 2 aliphatic rings. The molecule has 262 valence electrons. The monoisotopic (exact) mass is 683 g/mol. The van der Waals surface area contributed by atoms with Gasteiger partial charge in [-0.05, 0) is 30.2 Å². The summed E-state index contributed by atoms with van der Waals surface area (Å²) >= 11 is 0. The maximum atomic E-state index is 13.7. The van der Waals surface area contributed by atoms with Crippen molar-refractivity contribution in [3.8, 4) is 17.2 Å². The van der Waals surface area contributed by atoms with Crippen molar-refractivity contribution < 1.29 is 33.4 Å². The lowest BCUT2D eigenvalue weighted by molar-refractivity contribution is -0.132. The summed E-state index contributed by atoms with van der Waals surface area (Å²) in [6.45, 7) is 2.34. The van der Waals surface area contributed by atoms with Gasteiger partial charge in [0.2, 0.25) is 23.5 Å². The highest BCUT2D eigenvalue weighted by molar-refractivity contribution is 5.99. The van der Waals surface area contributed by atoms with Gasteiger partial charge in [-0.1, -0.05) is 65.9 Å². The number of amides is 4. The molecule has 1 aromatic heterocycles. The largest absolute Gasteiger partial charge is 0.493 e. The third-order valence-corrected chi connectivity index (χ3v) is 8.10. The van der Waals surface area contributed by atoms with Crippen LogP contribution >= 0.6 is 0 Å². The van der Waals surface area contributed by atoms with Gasteiger partial charge in [-0.3, -0.25) is 23.9 Å². The zero-order chi connectivity index (χ0) is 35.5. The number of methoxy groups -OCH3 is 2. The summed E-state index contributed by atoms with van der Waals surface area (Å²) in [6, 6.07) is 18.4. The molecule has 4 N–H and O–H groups in total. The van der Waals surface area contributed by atoms with Crippen LogP contribution in [0, 0.1) is 0 Å². The number of ether oxygens (including phenoxy) is 3. The molecule has 0 saturated heterocycles. The lowest BCUT2D eigenvalue weighted by Crippen LogP contribution is -2.56. The van der Waals surface area contributed by atoms with Gasteiger partial charge in [0.05, 0.1) is 33.6 Å². The van der Waals surface area contributed by atoms with E-state index in [2.05, 4.69) is 31.6 Å². The van der Waals surface area contributed by atoms with E-state index in [9.17, 15) is 19.2 Å². The molecule has 0 aliphatic carbocycles. The molecule has 14 heteroatoms. The number of hydrogen-bond acceptors (Lipinski definition) is 9. The first kappa shape index (κ1) is 35.4. The minimum atomic E-state index is -1.06. The van der Waals surface area contributed by atoms with Crippen molar-refractivity contribution in [1.82, 2.24) is 36.3 Å². The van der Waals surface area contributed by atoms with Crippen LogP contribution in [0.5, 0.6) is 17.2 Å². The Morgan fingerprint density at radius 1 is 0.800 bits per heavy atom. The van der Waals surface area contributed by atoms with E-state index in [4.69, 9.17) is 14.2 Å². The summed E-state index contributed by atoms with van der Waals surface area (Å²) < 4.78 is 18.8. The molecule has 3 aromatic carbocycles. The van der Waals surface area contributed by atoms with E-state index in [1.807, 2.05) is 60.7 Å². The fourth-order valence-corrected chi connectivity index (χ4v) is 5.42. The van der Waals surface area contributed by atoms with Gasteiger partial charge in [0.25, 0.3) is 5.91 Å². The SMILES string of the molecule is COc1cc2cc(OC)c1OCCCn1cc(nn1)CNC(=O)[C@H](Cc1ccccc1)NC(=O)[C@H](C)NC(=O)[C@@H](Cc1ccccc1)NC2=O. The Kier molecular flexibility index (Phi) is 12.0. The molecule has 14 nitrogen and oxygen atoms in total. The van der Waals surface area contributed by atoms with Gasteiger partial charge in [0, 0.05) is 31.4 Å². The van der Waals surface area contributed by atoms with Crippen LogP contribution in [0.2, 0.25) is 0 Å². The Hall–Kier alpha value is -5.92. The predicted octanol–water partition coefficient (Wildman–Crippen LogP) is 1.97. The second-order valence-electron chi connectivity index (χ2n) is 11.8. The topological polar surface area (TPSA) is 175 Å². The smallest absolute Gasteiger partial charge is 0.252 e. The molecule has 4 bridgehead atoms. The molecule has 3 atom stereocenters. The van der Waals surface area contributed by atoms with Gasteiger partial charge in [0.15, 0.2) is 11.5 Å². The van der Waals surface area contributed by atoms with Gasteiger partial charge in [-0.15, -0.1) is 5.10 Å². The zero-order valence-corrected chi connectivity index (χ0v) is 28.2. The average Bonchev–Trinajstić information content (AvgIpc) is 3.59. The van der Waals surface area contributed by atoms with E-state index in [-0.39, 0.29) is 43.1 Å². The fraction of sp³-hybridized carbons (Fsp3) is 0.333. The van der Waals surface area contributed by atoms with Crippen LogP contribution in [0.4, 0.5) is 0 Å². The molecule has 50 heavy (non-hydrogen) atoms. The molecule has 6 rings (SSSR count). The first-order valence-corrected chi connectivity index (χ1v) is 16.3. The van der Waals surface area contributed by atoms with Gasteiger partial charge >= 0.3 is 0 Å². The van der Waals surface area contributed by atoms with Gasteiger partial charge in [-0.25, -0.2) is 0 Å². The fourth-order valence-electron chi connectivity index (χ4n) is 5.42. The summed E-state index contributed by atoms with van der Waals surface area (Å²) in [5.41, 5.74) is 2.33. The Morgan fingerprint density at radius 3 is 2.00 bits per heavy atom. The standard InChI is InChI=1S/C36H41N7O7/c1-23-33(44)39-28(17-24-11-6-4-7-12-24)35(46)37-21-27-22-43(42-41-27)15-10-16-50-32-30(48-2)19-26(20-31(32)49-3)34(45)40-29(36(47)38-23)18-25-13-8-5-9-14-25/h4-9,11-14,19-20,22-23,28-29H,10,15-18,21H2,1-3H3,(H,37,46)(H,38,47)(H,39,44)(H,40,45)/t23-,28-,29+/m0/s1. The summed E-state index contributed by atoms with van der Waals surface area (Å²) in [5.74, 6) is -1.31. The summed E-state index contributed by atoms with van der Waals surface area (Å²) in [4.78, 5) is 54.3. The minimum Gasteiger partial charge on any atom is -0.493 e. The van der Waals surface area contributed by atoms with Crippen LogP contribution in [0.25, 0.3) is 0 Å². The van der Waals surface area contributed by atoms with Crippen molar-refractivity contribution in [2.24, 2.45) is 0 Å². The molecule has 0 spiro atoms. The van der Waals surface area contributed by atoms with E-state index in [1.165, 1.54) is 33.3 Å². The lowest BCUT2D eigenvalue weighted by atomic mass is 10.0. The third-order valence-electron chi connectivity index (χ3n) is 8.10. The maximum absolute atomic E-state index is 13.7. The molecule has 2 aliphatic heterocycles. The second kappa shape index (κ2) is 17.0. The molecule has 3 heterocycles. The van der Waals surface area contributed by atoms with E-state index in [1.54, 1.807) is 10.9 Å². The van der Waals surface area contributed by atoms with Crippen LogP contribution in [-0.4, -0.2) is 77.6 Å². The number of carbonyl (C=O) groups excluding carboxylic acids is 4. The van der Waals surface area contributed by atoms with E-state index >= 15 is 0 Å². The highest BCUT2D eigenvalue weighted by Gasteiger charge is 2.29. The van der Waals surface area contributed by atoms with Crippen LogP contribution < -0.4 is 35.5 Å². The van der Waals surface area contributed by atoms with Crippen molar-refractivity contribution in [3.05, 3.63) is 101 Å². The van der Waals surface area contributed by atoms with Crippen LogP contribution in [0.15, 0.2) is 79.0 Å². The Morgan fingerprint density at radius 2 is 1.40 bits per heavy atom. The molecule has 4 aromatic rings. The number of hydrogen-bond donors (Lipinski definition) is 4. The number of nitrogens with one attached hydrogen (secondary N) is 4. The molecule has 0 unspecified atom stereocenters. The van der Waals surface area contributed by atoms with Crippen molar-refractivity contribution >= 4 is 23.6 Å². The number of rotatable bonds is 6. The molecular formula is C36H41N7O7. The third kappa shape index (κ3) is 9.36. The first-order valence-electron chi connectivity index (χ1n) is 16.3. The molecule has 4 amide bonds. The summed E-state index contributed by atoms with van der Waals surface area (Å²) in [5, 5.41) is 19.5. The second-order valence-corrected chi connectivity index (χ2v) is 11.8. The predicted molar refractivity (Wildman–Crippen MR) is 183 cm³/mol. The lowest BCUT2D eigenvalue weighted by Gasteiger charge is -2.24. The van der Waals surface area contributed by atoms with Crippen LogP contribution in [0.3, 0.4) is 0 Å². The Bertz CT molecular complexity index is 1760. The number of benzene rings is 3. The number of aromatic nitrogens is 3. The summed E-state index contributed by atoms with van der Waals surface area (Å²) in [6.07, 6.45) is 2.62. The van der Waals surface area contributed by atoms with Crippen molar-refractivity contribution in [1.29, 1.82) is 0 Å². The Balaban J connectivity index is 1.44. The van der Waals surface area contributed by atoms with Crippen molar-refractivity contribution in [2.45, 2.75) is 57.4 Å². The Labute approximate surface area is 289 Å². The number of nitrogens with zero attached hydrogens (tertiary/aromatic N) is 3. The first-order chi connectivity index (χ1) is 24.2. The average molecular weight is 684 g/mol. The number of aryl methyl sites for hydroxylation is 1. The normalized spacial score (nSPS) is 19.3. The van der Waals surface area contributed by atoms with Gasteiger partial charge < -0.3 is 35.5 Å². The van der Waals surface area contributed by atoms with Gasteiger partial charge in [0.1, 0.15) is 23.8 Å². The highest BCUT2D eigenvalue weighted by Crippen LogP contribution is 2.38. The molecule has 0 fully saturated rings. The zero-order valence-electron chi connectivity index (χ0n) is 28.2. The molecular weight excluding hydrogens is 642 g/mol. The quantitative estimate of drug-likeness (QED) is 0.222. The molecule has 0 radical (unpaired) electrons. The number of carbonyl (C=O) groups is 4.